The van der Waals surface area contributed by atoms with Gasteiger partial charge in [0.25, 0.3) is 0 Å². The molecule has 1 fully saturated rings. The number of rotatable bonds is 2. The van der Waals surface area contributed by atoms with Crippen molar-refractivity contribution in [2.24, 2.45) is 5.92 Å². The van der Waals surface area contributed by atoms with Crippen LogP contribution >= 0.6 is 0 Å². The number of carboxylic acids is 1. The van der Waals surface area contributed by atoms with Gasteiger partial charge in [0.05, 0.1) is 11.8 Å². The average Bonchev–Trinajstić information content (AvgIpc) is 2.96. The van der Waals surface area contributed by atoms with E-state index in [1.807, 2.05) is 41.3 Å². The summed E-state index contributed by atoms with van der Waals surface area (Å²) in [6.45, 7) is 1.05. The molecule has 4 heteroatoms. The highest BCUT2D eigenvalue weighted by molar-refractivity contribution is 5.96. The zero-order valence-corrected chi connectivity index (χ0v) is 13.3. The quantitative estimate of drug-likeness (QED) is 0.924. The molecule has 1 aliphatic heterocycles. The Balaban J connectivity index is 1.65. The van der Waals surface area contributed by atoms with Gasteiger partial charge in [0.1, 0.15) is 0 Å². The number of piperidine rings is 1. The van der Waals surface area contributed by atoms with Crippen LogP contribution in [0.5, 0.6) is 0 Å². The van der Waals surface area contributed by atoms with Gasteiger partial charge < -0.3 is 10.0 Å². The van der Waals surface area contributed by atoms with Crippen LogP contribution in [0.2, 0.25) is 0 Å². The summed E-state index contributed by atoms with van der Waals surface area (Å²) in [5, 5.41) is 9.13. The number of benzene rings is 2. The number of fused-ring (bicyclic) bond motifs is 3. The molecule has 2 aliphatic rings. The number of carbonyl (C=O) groups is 2. The lowest BCUT2D eigenvalue weighted by molar-refractivity contribution is -0.145. The molecule has 4 nitrogen and oxygen atoms in total. The largest absolute Gasteiger partial charge is 0.481 e. The monoisotopic (exact) mass is 321 g/mol. The molecule has 1 aliphatic carbocycles. The minimum Gasteiger partial charge on any atom is -0.481 e. The fourth-order valence-electron chi connectivity index (χ4n) is 3.95. The summed E-state index contributed by atoms with van der Waals surface area (Å²) in [4.78, 5) is 26.1. The topological polar surface area (TPSA) is 57.6 Å². The zero-order chi connectivity index (χ0) is 16.7. The minimum atomic E-state index is -0.751. The van der Waals surface area contributed by atoms with Crippen LogP contribution in [0.3, 0.4) is 0 Å². The first-order chi connectivity index (χ1) is 11.7. The van der Waals surface area contributed by atoms with Crippen LogP contribution in [0.25, 0.3) is 11.1 Å². The number of hydrogen-bond donors (Lipinski definition) is 1. The van der Waals surface area contributed by atoms with Crippen molar-refractivity contribution in [3.05, 3.63) is 59.7 Å². The Morgan fingerprint density at radius 2 is 1.38 bits per heavy atom. The standard InChI is InChI=1S/C20H19NO3/c22-19(21-11-9-13(10-12-21)20(23)24)18-16-7-3-1-5-14(16)15-6-2-4-8-17(15)18/h1-8,13,18H,9-12H2,(H,23,24). The van der Waals surface area contributed by atoms with E-state index in [4.69, 9.17) is 5.11 Å². The van der Waals surface area contributed by atoms with Gasteiger partial charge in [-0.25, -0.2) is 0 Å². The molecular weight excluding hydrogens is 302 g/mol. The molecule has 122 valence electrons. The molecule has 1 N–H and O–H groups in total. The number of carboxylic acid groups (broad SMARTS) is 1. The third-order valence-electron chi connectivity index (χ3n) is 5.24. The molecule has 2 aromatic carbocycles. The number of hydrogen-bond acceptors (Lipinski definition) is 2. The number of likely N-dealkylation sites (tertiary alicyclic amines) is 1. The summed E-state index contributed by atoms with van der Waals surface area (Å²) >= 11 is 0. The molecule has 0 unspecified atom stereocenters. The van der Waals surface area contributed by atoms with Crippen LogP contribution in [0.15, 0.2) is 48.5 Å². The Kier molecular flexibility index (Phi) is 3.60. The van der Waals surface area contributed by atoms with Crippen LogP contribution in [0, 0.1) is 5.92 Å². The van der Waals surface area contributed by atoms with Crippen molar-refractivity contribution < 1.29 is 14.7 Å². The van der Waals surface area contributed by atoms with Gasteiger partial charge in [-0.3, -0.25) is 9.59 Å². The van der Waals surface area contributed by atoms with Gasteiger partial charge in [-0.1, -0.05) is 48.5 Å². The molecule has 0 atom stereocenters. The summed E-state index contributed by atoms with van der Waals surface area (Å²) in [6, 6.07) is 16.1. The lowest BCUT2D eigenvalue weighted by Gasteiger charge is -2.32. The highest BCUT2D eigenvalue weighted by Crippen LogP contribution is 2.45. The summed E-state index contributed by atoms with van der Waals surface area (Å²) in [5.74, 6) is -1.24. The van der Waals surface area contributed by atoms with E-state index in [9.17, 15) is 9.59 Å². The van der Waals surface area contributed by atoms with Crippen LogP contribution in [0.4, 0.5) is 0 Å². The predicted molar refractivity (Wildman–Crippen MR) is 90.7 cm³/mol. The Hall–Kier alpha value is -2.62. The van der Waals surface area contributed by atoms with Crippen molar-refractivity contribution in [1.29, 1.82) is 0 Å². The first-order valence-corrected chi connectivity index (χ1v) is 8.36. The molecule has 0 bridgehead atoms. The van der Waals surface area contributed by atoms with Crippen molar-refractivity contribution in [2.75, 3.05) is 13.1 Å². The first-order valence-electron chi connectivity index (χ1n) is 8.36. The third-order valence-corrected chi connectivity index (χ3v) is 5.24. The summed E-state index contributed by atoms with van der Waals surface area (Å²) < 4.78 is 0. The molecule has 1 saturated heterocycles. The molecule has 0 spiro atoms. The van der Waals surface area contributed by atoms with Gasteiger partial charge in [-0.15, -0.1) is 0 Å². The molecule has 1 amide bonds. The molecule has 24 heavy (non-hydrogen) atoms. The molecule has 2 aromatic rings. The Labute approximate surface area is 140 Å². The molecule has 0 saturated carbocycles. The van der Waals surface area contributed by atoms with E-state index in [2.05, 4.69) is 12.1 Å². The summed E-state index contributed by atoms with van der Waals surface area (Å²) in [7, 11) is 0. The second-order valence-corrected chi connectivity index (χ2v) is 6.55. The average molecular weight is 321 g/mol. The van der Waals surface area contributed by atoms with Gasteiger partial charge in [-0.2, -0.15) is 0 Å². The maximum Gasteiger partial charge on any atom is 0.306 e. The molecule has 0 aromatic heterocycles. The summed E-state index contributed by atoms with van der Waals surface area (Å²) in [5.41, 5.74) is 4.38. The van der Waals surface area contributed by atoms with E-state index in [0.717, 1.165) is 22.3 Å². The van der Waals surface area contributed by atoms with Crippen molar-refractivity contribution >= 4 is 11.9 Å². The second-order valence-electron chi connectivity index (χ2n) is 6.55. The fraction of sp³-hybridized carbons (Fsp3) is 0.300. The van der Waals surface area contributed by atoms with E-state index < -0.39 is 5.97 Å². The van der Waals surface area contributed by atoms with Crippen molar-refractivity contribution in [3.63, 3.8) is 0 Å². The van der Waals surface area contributed by atoms with E-state index >= 15 is 0 Å². The number of aliphatic carboxylic acids is 1. The Morgan fingerprint density at radius 3 is 1.88 bits per heavy atom. The van der Waals surface area contributed by atoms with E-state index in [1.165, 1.54) is 0 Å². The van der Waals surface area contributed by atoms with Gasteiger partial charge in [0.2, 0.25) is 5.91 Å². The van der Waals surface area contributed by atoms with Crippen LogP contribution in [-0.4, -0.2) is 35.0 Å². The van der Waals surface area contributed by atoms with E-state index in [-0.39, 0.29) is 17.7 Å². The van der Waals surface area contributed by atoms with Gasteiger partial charge in [0.15, 0.2) is 0 Å². The van der Waals surface area contributed by atoms with Crippen molar-refractivity contribution in [3.8, 4) is 11.1 Å². The number of amides is 1. The zero-order valence-electron chi connectivity index (χ0n) is 13.3. The maximum absolute atomic E-state index is 13.2. The Morgan fingerprint density at radius 1 is 0.875 bits per heavy atom. The van der Waals surface area contributed by atoms with Crippen LogP contribution in [-0.2, 0) is 9.59 Å². The van der Waals surface area contributed by atoms with Crippen molar-refractivity contribution in [2.45, 2.75) is 18.8 Å². The molecular formula is C20H19NO3. The first kappa shape index (κ1) is 14.9. The predicted octanol–water partition coefficient (Wildman–Crippen LogP) is 3.12. The normalized spacial score (nSPS) is 17.4. The minimum absolute atomic E-state index is 0.0937. The highest BCUT2D eigenvalue weighted by Gasteiger charge is 2.37. The van der Waals surface area contributed by atoms with Gasteiger partial charge in [0, 0.05) is 13.1 Å². The van der Waals surface area contributed by atoms with Crippen LogP contribution < -0.4 is 0 Å². The second kappa shape index (κ2) is 5.78. The van der Waals surface area contributed by atoms with Gasteiger partial charge in [-0.05, 0) is 35.1 Å². The van der Waals surface area contributed by atoms with Crippen LogP contribution in [0.1, 0.15) is 29.9 Å². The smallest absolute Gasteiger partial charge is 0.306 e. The van der Waals surface area contributed by atoms with Gasteiger partial charge >= 0.3 is 5.97 Å². The van der Waals surface area contributed by atoms with E-state index in [0.29, 0.717) is 25.9 Å². The lowest BCUT2D eigenvalue weighted by atomic mass is 9.92. The SMILES string of the molecule is O=C(O)C1CCN(C(=O)C2c3ccccc3-c3ccccc32)CC1. The fourth-order valence-corrected chi connectivity index (χ4v) is 3.95. The molecule has 4 rings (SSSR count). The lowest BCUT2D eigenvalue weighted by Crippen LogP contribution is -2.42. The third kappa shape index (κ3) is 2.30. The Bertz CT molecular complexity index is 761. The molecule has 1 heterocycles. The number of nitrogens with zero attached hydrogens (tertiary/aromatic N) is 1. The number of carbonyl (C=O) groups excluding carboxylic acids is 1. The molecule has 0 radical (unpaired) electrons. The maximum atomic E-state index is 13.2. The van der Waals surface area contributed by atoms with E-state index in [1.54, 1.807) is 0 Å². The van der Waals surface area contributed by atoms with Crippen molar-refractivity contribution in [1.82, 2.24) is 4.90 Å². The summed E-state index contributed by atoms with van der Waals surface area (Å²) in [6.07, 6.45) is 1.08. The highest BCUT2D eigenvalue weighted by atomic mass is 16.4.